The van der Waals surface area contributed by atoms with Gasteiger partial charge in [0.05, 0.1) is 36.0 Å². The van der Waals surface area contributed by atoms with Crippen molar-refractivity contribution in [3.05, 3.63) is 192 Å². The predicted octanol–water partition coefficient (Wildman–Crippen LogP) is 10.6. The van der Waals surface area contributed by atoms with Crippen molar-refractivity contribution in [2.45, 2.75) is 43.8 Å². The summed E-state index contributed by atoms with van der Waals surface area (Å²) in [5.74, 6) is 0.993. The molecule has 0 saturated carbocycles. The van der Waals surface area contributed by atoms with E-state index in [-0.39, 0.29) is 36.3 Å². The minimum Gasteiger partial charge on any atom is -0.431 e. The fourth-order valence-electron chi connectivity index (χ4n) is 7.47. The van der Waals surface area contributed by atoms with E-state index >= 15 is 0 Å². The molecule has 1 aliphatic rings. The normalized spacial score (nSPS) is 17.7. The lowest BCUT2D eigenvalue weighted by molar-refractivity contribution is -0.268. The van der Waals surface area contributed by atoms with Crippen LogP contribution in [0.4, 0.5) is 0 Å². The highest BCUT2D eigenvalue weighted by Gasteiger charge is 2.39. The zero-order valence-corrected chi connectivity index (χ0v) is 33.7. The first-order valence-electron chi connectivity index (χ1n) is 19.9. The van der Waals surface area contributed by atoms with E-state index in [1.54, 1.807) is 0 Å². The van der Waals surface area contributed by atoms with Gasteiger partial charge in [-0.25, -0.2) is 9.97 Å². The predicted molar refractivity (Wildman–Crippen MR) is 234 cm³/mol. The van der Waals surface area contributed by atoms with Crippen LogP contribution in [0.25, 0.3) is 44.7 Å². The molecule has 0 spiro atoms. The number of carbonyl (C=O) groups is 1. The molecule has 3 heterocycles. The third-order valence-corrected chi connectivity index (χ3v) is 11.7. The van der Waals surface area contributed by atoms with E-state index in [1.807, 2.05) is 133 Å². The lowest BCUT2D eigenvalue weighted by atomic mass is 9.91. The van der Waals surface area contributed by atoms with Crippen molar-refractivity contribution < 1.29 is 23.8 Å². The van der Waals surface area contributed by atoms with Crippen LogP contribution in [0.15, 0.2) is 174 Å². The van der Waals surface area contributed by atoms with Crippen molar-refractivity contribution in [2.24, 2.45) is 5.92 Å². The smallest absolute Gasteiger partial charge is 0.271 e. The number of hydrogen-bond acceptors (Lipinski definition) is 9. The van der Waals surface area contributed by atoms with Crippen LogP contribution in [-0.2, 0) is 22.6 Å². The van der Waals surface area contributed by atoms with Gasteiger partial charge in [0.15, 0.2) is 12.1 Å². The molecule has 2 aromatic heterocycles. The highest BCUT2D eigenvalue weighted by molar-refractivity contribution is 7.99. The van der Waals surface area contributed by atoms with Crippen molar-refractivity contribution in [3.63, 3.8) is 0 Å². The molecule has 1 amide bonds. The number of fused-ring (bicyclic) bond motifs is 1. The number of oxazole rings is 1. The molecule has 298 valence electrons. The summed E-state index contributed by atoms with van der Waals surface area (Å²) in [5.41, 5.74) is 10.1. The summed E-state index contributed by atoms with van der Waals surface area (Å²) in [4.78, 5) is 26.9. The van der Waals surface area contributed by atoms with Gasteiger partial charge < -0.3 is 24.3 Å². The number of aliphatic hydroxyl groups excluding tert-OH is 1. The third-order valence-electron chi connectivity index (χ3n) is 10.7. The molecule has 1 fully saturated rings. The Labute approximate surface area is 352 Å². The summed E-state index contributed by atoms with van der Waals surface area (Å²) >= 11 is 1.53. The van der Waals surface area contributed by atoms with Gasteiger partial charge in [0.2, 0.25) is 0 Å². The molecule has 6 aromatic carbocycles. The number of carbonyl (C=O) groups excluding carboxylic acids is 1. The minimum absolute atomic E-state index is 0.0264. The quantitative estimate of drug-likeness (QED) is 0.116. The maximum atomic E-state index is 13.0. The molecular weight excluding hydrogens is 769 g/mol. The molecule has 9 nitrogen and oxygen atoms in total. The topological polar surface area (TPSA) is 120 Å². The van der Waals surface area contributed by atoms with Gasteiger partial charge in [-0.2, -0.15) is 0 Å². The Hall–Kier alpha value is -6.43. The van der Waals surface area contributed by atoms with Crippen LogP contribution in [0.5, 0.6) is 0 Å². The first-order valence-corrected chi connectivity index (χ1v) is 20.9. The first-order chi connectivity index (χ1) is 29.5. The number of aromatic nitrogens is 3. The lowest BCUT2D eigenvalue weighted by Crippen LogP contribution is -2.38. The van der Waals surface area contributed by atoms with Crippen molar-refractivity contribution >= 4 is 28.7 Å². The number of nitrogens with zero attached hydrogens (tertiary/aromatic N) is 3. The van der Waals surface area contributed by atoms with Gasteiger partial charge in [-0.3, -0.25) is 9.78 Å². The maximum Gasteiger partial charge on any atom is 0.271 e. The van der Waals surface area contributed by atoms with E-state index in [0.29, 0.717) is 23.0 Å². The van der Waals surface area contributed by atoms with Crippen LogP contribution < -0.4 is 5.32 Å². The molecule has 1 aliphatic heterocycles. The Morgan fingerprint density at radius 1 is 0.683 bits per heavy atom. The minimum atomic E-state index is -0.663. The van der Waals surface area contributed by atoms with E-state index in [1.165, 1.54) is 18.0 Å². The van der Waals surface area contributed by atoms with Crippen LogP contribution in [-0.4, -0.2) is 37.8 Å². The van der Waals surface area contributed by atoms with Gasteiger partial charge in [0.1, 0.15) is 11.4 Å². The molecule has 1 saturated heterocycles. The van der Waals surface area contributed by atoms with Gasteiger partial charge in [0.25, 0.3) is 11.1 Å². The molecule has 9 rings (SSSR count). The summed E-state index contributed by atoms with van der Waals surface area (Å²) in [5, 5.41) is 13.3. The maximum absolute atomic E-state index is 13.0. The van der Waals surface area contributed by atoms with Crippen molar-refractivity contribution in [1.82, 2.24) is 20.3 Å². The molecule has 0 aliphatic carbocycles. The molecule has 60 heavy (non-hydrogen) atoms. The number of nitrogens with one attached hydrogen (secondary N) is 1. The molecular formula is C50H42N4O5S. The number of hydrogen-bond donors (Lipinski definition) is 2. The van der Waals surface area contributed by atoms with Gasteiger partial charge >= 0.3 is 0 Å². The highest BCUT2D eigenvalue weighted by Crippen LogP contribution is 2.44. The van der Waals surface area contributed by atoms with Crippen LogP contribution >= 0.6 is 11.8 Å². The SMILES string of the molecule is C[C@@H]1[C@H](CSc2nc(-c3ccccc3)c(-c3ccccc3)o2)O[C@H](c2cccc(-c3cccc(CNC(=O)c4cnc5ccccc5n4)c3)c2)O[C@@H]1c1ccc(CO)cc1. The number of benzene rings is 6. The Bertz CT molecular complexity index is 2670. The summed E-state index contributed by atoms with van der Waals surface area (Å²) in [6.07, 6.45) is 0.329. The molecule has 0 bridgehead atoms. The van der Waals surface area contributed by atoms with Crippen LogP contribution in [0, 0.1) is 5.92 Å². The second-order valence-corrected chi connectivity index (χ2v) is 15.7. The van der Waals surface area contributed by atoms with Gasteiger partial charge in [-0.1, -0.05) is 152 Å². The number of ether oxygens (including phenoxy) is 2. The molecule has 4 atom stereocenters. The zero-order chi connectivity index (χ0) is 40.8. The second-order valence-electron chi connectivity index (χ2n) is 14.8. The number of amides is 1. The van der Waals surface area contributed by atoms with E-state index in [0.717, 1.165) is 61.5 Å². The van der Waals surface area contributed by atoms with Crippen LogP contribution in [0.1, 0.15) is 52.1 Å². The van der Waals surface area contributed by atoms with Gasteiger partial charge in [-0.05, 0) is 52.1 Å². The molecule has 0 radical (unpaired) electrons. The fraction of sp³-hybridized carbons (Fsp3) is 0.160. The monoisotopic (exact) mass is 810 g/mol. The number of thioether (sulfide) groups is 1. The lowest BCUT2D eigenvalue weighted by Gasteiger charge is -2.41. The Kier molecular flexibility index (Phi) is 11.6. The summed E-state index contributed by atoms with van der Waals surface area (Å²) in [7, 11) is 0. The molecule has 10 heteroatoms. The summed E-state index contributed by atoms with van der Waals surface area (Å²) < 4.78 is 20.2. The van der Waals surface area contributed by atoms with Crippen molar-refractivity contribution in [3.8, 4) is 33.7 Å². The van der Waals surface area contributed by atoms with Crippen LogP contribution in [0.2, 0.25) is 0 Å². The second kappa shape index (κ2) is 17.8. The van der Waals surface area contributed by atoms with Crippen molar-refractivity contribution in [1.29, 1.82) is 0 Å². The number of aliphatic hydroxyl groups is 1. The molecule has 0 unspecified atom stereocenters. The molecule has 2 N–H and O–H groups in total. The zero-order valence-electron chi connectivity index (χ0n) is 32.8. The Morgan fingerprint density at radius 2 is 1.37 bits per heavy atom. The Morgan fingerprint density at radius 3 is 2.13 bits per heavy atom. The Balaban J connectivity index is 0.953. The molecule has 8 aromatic rings. The number of rotatable bonds is 12. The average Bonchev–Trinajstić information content (AvgIpc) is 3.75. The number of para-hydroxylation sites is 2. The van der Waals surface area contributed by atoms with Crippen LogP contribution in [0.3, 0.4) is 0 Å². The summed E-state index contributed by atoms with van der Waals surface area (Å²) in [6.45, 7) is 2.45. The van der Waals surface area contributed by atoms with E-state index in [4.69, 9.17) is 18.9 Å². The first kappa shape index (κ1) is 39.1. The van der Waals surface area contributed by atoms with Gasteiger partial charge in [0, 0.05) is 34.9 Å². The third kappa shape index (κ3) is 8.64. The summed E-state index contributed by atoms with van der Waals surface area (Å²) in [6, 6.07) is 51.9. The average molecular weight is 811 g/mol. The van der Waals surface area contributed by atoms with Crippen molar-refractivity contribution in [2.75, 3.05) is 5.75 Å². The largest absolute Gasteiger partial charge is 0.431 e. The standard InChI is InChI=1S/C50H42N4O5S/c1-32-44(31-60-50-54-45(35-13-4-2-5-14-35)47(59-50)36-15-6-3-7-16-36)57-49(58-46(32)37-24-22-33(30-55)23-25-37)40-19-11-18-39(27-40)38-17-10-12-34(26-38)28-52-48(56)43-29-51-41-20-8-9-21-42(41)53-43/h2-27,29,32,44,46,49,55H,28,30-31H2,1H3,(H,52,56)/t32-,44+,46+,49+/m1/s1. The van der Waals surface area contributed by atoms with Gasteiger partial charge in [-0.15, -0.1) is 0 Å². The van der Waals surface area contributed by atoms with E-state index in [9.17, 15) is 9.90 Å². The van der Waals surface area contributed by atoms with E-state index in [2.05, 4.69) is 46.5 Å². The van der Waals surface area contributed by atoms with E-state index < -0.39 is 6.29 Å². The highest BCUT2D eigenvalue weighted by atomic mass is 32.2. The fourth-order valence-corrected chi connectivity index (χ4v) is 8.45.